The largest absolute Gasteiger partial charge is 0.355 e. The van der Waals surface area contributed by atoms with Crippen molar-refractivity contribution in [2.75, 3.05) is 25.5 Å². The van der Waals surface area contributed by atoms with Crippen molar-refractivity contribution in [1.82, 2.24) is 10.2 Å². The Kier molecular flexibility index (Phi) is 8.09. The normalized spacial score (nSPS) is 9.80. The maximum atomic E-state index is 11.6. The van der Waals surface area contributed by atoms with Gasteiger partial charge in [-0.1, -0.05) is 0 Å². The van der Waals surface area contributed by atoms with E-state index in [4.69, 9.17) is 11.6 Å². The van der Waals surface area contributed by atoms with Crippen LogP contribution in [0.1, 0.15) is 26.7 Å². The van der Waals surface area contributed by atoms with Crippen molar-refractivity contribution < 1.29 is 9.59 Å². The molecular weight excluding hydrogens is 216 g/mol. The van der Waals surface area contributed by atoms with Gasteiger partial charge in [-0.05, 0) is 20.3 Å². The fourth-order valence-corrected chi connectivity index (χ4v) is 1.31. The van der Waals surface area contributed by atoms with Gasteiger partial charge in [-0.3, -0.25) is 9.59 Å². The van der Waals surface area contributed by atoms with Gasteiger partial charge in [-0.2, -0.15) is 0 Å². The van der Waals surface area contributed by atoms with Crippen LogP contribution in [-0.2, 0) is 9.59 Å². The van der Waals surface area contributed by atoms with Crippen LogP contribution in [0.3, 0.4) is 0 Å². The molecule has 0 heterocycles. The molecule has 0 fully saturated rings. The minimum Gasteiger partial charge on any atom is -0.355 e. The first-order valence-corrected chi connectivity index (χ1v) is 5.79. The predicted molar refractivity (Wildman–Crippen MR) is 60.9 cm³/mol. The van der Waals surface area contributed by atoms with Crippen LogP contribution < -0.4 is 5.32 Å². The molecule has 0 aliphatic rings. The number of carbonyl (C=O) groups is 2. The number of hydrogen-bond donors (Lipinski definition) is 1. The Morgan fingerprint density at radius 1 is 1.33 bits per heavy atom. The molecule has 0 aliphatic carbocycles. The Morgan fingerprint density at radius 3 is 2.47 bits per heavy atom. The molecule has 0 aliphatic heterocycles. The Labute approximate surface area is 96.0 Å². The van der Waals surface area contributed by atoms with E-state index < -0.39 is 0 Å². The first kappa shape index (κ1) is 14.2. The molecule has 0 aromatic heterocycles. The SMILES string of the molecule is CCNC(=O)CN(CC)C(=O)CCCCl. The molecule has 0 aromatic rings. The first-order valence-electron chi connectivity index (χ1n) is 5.26. The van der Waals surface area contributed by atoms with E-state index in [1.165, 1.54) is 4.90 Å². The zero-order chi connectivity index (χ0) is 11.7. The zero-order valence-corrected chi connectivity index (χ0v) is 10.1. The second kappa shape index (κ2) is 8.53. The van der Waals surface area contributed by atoms with E-state index in [2.05, 4.69) is 5.32 Å². The second-order valence-electron chi connectivity index (χ2n) is 3.15. The third kappa shape index (κ3) is 6.33. The Bertz CT molecular complexity index is 210. The Morgan fingerprint density at radius 2 is 2.00 bits per heavy atom. The maximum Gasteiger partial charge on any atom is 0.239 e. The van der Waals surface area contributed by atoms with Gasteiger partial charge < -0.3 is 10.2 Å². The van der Waals surface area contributed by atoms with E-state index in [1.54, 1.807) is 0 Å². The van der Waals surface area contributed by atoms with Crippen molar-refractivity contribution in [3.05, 3.63) is 0 Å². The molecule has 0 saturated heterocycles. The van der Waals surface area contributed by atoms with Gasteiger partial charge in [-0.15, -0.1) is 11.6 Å². The highest BCUT2D eigenvalue weighted by molar-refractivity contribution is 6.17. The van der Waals surface area contributed by atoms with Gasteiger partial charge in [0, 0.05) is 25.4 Å². The van der Waals surface area contributed by atoms with Crippen molar-refractivity contribution in [3.8, 4) is 0 Å². The summed E-state index contributed by atoms with van der Waals surface area (Å²) in [6.45, 7) is 5.00. The van der Waals surface area contributed by atoms with Crippen LogP contribution in [0.5, 0.6) is 0 Å². The molecule has 88 valence electrons. The fraction of sp³-hybridized carbons (Fsp3) is 0.800. The number of likely N-dealkylation sites (N-methyl/N-ethyl adjacent to an activating group) is 2. The molecule has 0 spiro atoms. The molecule has 1 N–H and O–H groups in total. The molecule has 2 amide bonds. The van der Waals surface area contributed by atoms with Crippen molar-refractivity contribution in [1.29, 1.82) is 0 Å². The molecule has 4 nitrogen and oxygen atoms in total. The summed E-state index contributed by atoms with van der Waals surface area (Å²) in [5, 5.41) is 2.66. The molecule has 0 bridgehead atoms. The van der Waals surface area contributed by atoms with Crippen LogP contribution in [0.25, 0.3) is 0 Å². The third-order valence-electron chi connectivity index (χ3n) is 1.97. The summed E-state index contributed by atoms with van der Waals surface area (Å²) in [6, 6.07) is 0. The monoisotopic (exact) mass is 234 g/mol. The highest BCUT2D eigenvalue weighted by atomic mass is 35.5. The van der Waals surface area contributed by atoms with Crippen molar-refractivity contribution in [2.45, 2.75) is 26.7 Å². The molecule has 15 heavy (non-hydrogen) atoms. The minimum atomic E-state index is -0.112. The molecule has 0 aromatic carbocycles. The van der Waals surface area contributed by atoms with Crippen molar-refractivity contribution >= 4 is 23.4 Å². The van der Waals surface area contributed by atoms with Crippen LogP contribution in [0.15, 0.2) is 0 Å². The molecule has 0 rings (SSSR count). The summed E-state index contributed by atoms with van der Waals surface area (Å²) in [6.07, 6.45) is 1.07. The lowest BCUT2D eigenvalue weighted by molar-refractivity contribution is -0.135. The smallest absolute Gasteiger partial charge is 0.239 e. The fourth-order valence-electron chi connectivity index (χ4n) is 1.18. The molecule has 0 unspecified atom stereocenters. The number of hydrogen-bond acceptors (Lipinski definition) is 2. The van der Waals surface area contributed by atoms with Gasteiger partial charge >= 0.3 is 0 Å². The summed E-state index contributed by atoms with van der Waals surface area (Å²) < 4.78 is 0. The number of nitrogens with one attached hydrogen (secondary N) is 1. The number of alkyl halides is 1. The second-order valence-corrected chi connectivity index (χ2v) is 3.53. The summed E-state index contributed by atoms with van der Waals surface area (Å²) in [7, 11) is 0. The average Bonchev–Trinajstić information content (AvgIpc) is 2.22. The molecule has 0 atom stereocenters. The summed E-state index contributed by atoms with van der Waals surface area (Å²) in [5.74, 6) is 0.354. The van der Waals surface area contributed by atoms with Gasteiger partial charge in [-0.25, -0.2) is 0 Å². The minimum absolute atomic E-state index is 0.00981. The van der Waals surface area contributed by atoms with E-state index in [-0.39, 0.29) is 18.4 Å². The number of carbonyl (C=O) groups excluding carboxylic acids is 2. The average molecular weight is 235 g/mol. The van der Waals surface area contributed by atoms with E-state index in [9.17, 15) is 9.59 Å². The van der Waals surface area contributed by atoms with Crippen molar-refractivity contribution in [2.24, 2.45) is 0 Å². The van der Waals surface area contributed by atoms with Gasteiger partial charge in [0.1, 0.15) is 0 Å². The number of nitrogens with zero attached hydrogens (tertiary/aromatic N) is 1. The van der Waals surface area contributed by atoms with E-state index in [1.807, 2.05) is 13.8 Å². The van der Waals surface area contributed by atoms with Gasteiger partial charge in [0.15, 0.2) is 0 Å². The van der Waals surface area contributed by atoms with Crippen LogP contribution in [0.2, 0.25) is 0 Å². The number of rotatable bonds is 7. The molecule has 5 heteroatoms. The third-order valence-corrected chi connectivity index (χ3v) is 2.23. The molecule has 0 radical (unpaired) electrons. The zero-order valence-electron chi connectivity index (χ0n) is 9.38. The predicted octanol–water partition coefficient (Wildman–Crippen LogP) is 0.990. The number of halogens is 1. The topological polar surface area (TPSA) is 49.4 Å². The highest BCUT2D eigenvalue weighted by Crippen LogP contribution is 1.99. The lowest BCUT2D eigenvalue weighted by Crippen LogP contribution is -2.40. The van der Waals surface area contributed by atoms with E-state index in [0.29, 0.717) is 31.8 Å². The van der Waals surface area contributed by atoms with Crippen LogP contribution >= 0.6 is 11.6 Å². The van der Waals surface area contributed by atoms with Crippen LogP contribution in [0, 0.1) is 0 Å². The number of amides is 2. The summed E-state index contributed by atoms with van der Waals surface area (Å²) >= 11 is 5.50. The lowest BCUT2D eigenvalue weighted by atomic mass is 10.3. The maximum absolute atomic E-state index is 11.6. The van der Waals surface area contributed by atoms with Crippen LogP contribution in [-0.4, -0.2) is 42.2 Å². The standard InChI is InChI=1S/C10H19ClN2O2/c1-3-12-9(14)8-13(4-2)10(15)6-5-7-11/h3-8H2,1-2H3,(H,12,14). The quantitative estimate of drug-likeness (QED) is 0.668. The lowest BCUT2D eigenvalue weighted by Gasteiger charge is -2.19. The Balaban J connectivity index is 4.00. The van der Waals surface area contributed by atoms with E-state index >= 15 is 0 Å². The van der Waals surface area contributed by atoms with E-state index in [0.717, 1.165) is 0 Å². The molecular formula is C10H19ClN2O2. The summed E-state index contributed by atoms with van der Waals surface area (Å²) in [4.78, 5) is 24.4. The van der Waals surface area contributed by atoms with Gasteiger partial charge in [0.2, 0.25) is 11.8 Å². The Hall–Kier alpha value is -0.770. The first-order chi connectivity index (χ1) is 7.15. The molecule has 0 saturated carbocycles. The van der Waals surface area contributed by atoms with Gasteiger partial charge in [0.05, 0.1) is 6.54 Å². The highest BCUT2D eigenvalue weighted by Gasteiger charge is 2.14. The van der Waals surface area contributed by atoms with Crippen molar-refractivity contribution in [3.63, 3.8) is 0 Å². The van der Waals surface area contributed by atoms with Crippen LogP contribution in [0.4, 0.5) is 0 Å². The summed E-state index contributed by atoms with van der Waals surface area (Å²) in [5.41, 5.74) is 0. The van der Waals surface area contributed by atoms with Gasteiger partial charge in [0.25, 0.3) is 0 Å².